The lowest BCUT2D eigenvalue weighted by Gasteiger charge is -2.15. The van der Waals surface area contributed by atoms with Crippen LogP contribution in [-0.4, -0.2) is 35.1 Å². The van der Waals surface area contributed by atoms with Gasteiger partial charge in [-0.2, -0.15) is 0 Å². The third kappa shape index (κ3) is 1.71. The highest BCUT2D eigenvalue weighted by atomic mass is 16.7. The fourth-order valence-corrected chi connectivity index (χ4v) is 2.72. The number of fused-ring (bicyclic) bond motifs is 5. The number of rotatable bonds is 2. The molecule has 0 saturated carbocycles. The Hall–Kier alpha value is -1.95. The van der Waals surface area contributed by atoms with Crippen LogP contribution in [0.3, 0.4) is 0 Å². The smallest absolute Gasteiger partial charge is 0.356 e. The molecule has 0 aromatic rings. The Morgan fingerprint density at radius 2 is 1.74 bits per heavy atom. The van der Waals surface area contributed by atoms with E-state index in [1.807, 2.05) is 0 Å². The van der Waals surface area contributed by atoms with Gasteiger partial charge in [-0.3, -0.25) is 9.59 Å². The minimum Gasteiger partial charge on any atom is -0.365 e. The van der Waals surface area contributed by atoms with Crippen LogP contribution in [0.25, 0.3) is 0 Å². The zero-order valence-corrected chi connectivity index (χ0v) is 10.5. The maximum atomic E-state index is 12.1. The molecule has 4 atom stereocenters. The van der Waals surface area contributed by atoms with Crippen LogP contribution in [0.1, 0.15) is 13.8 Å². The predicted molar refractivity (Wildman–Crippen MR) is 62.2 cm³/mol. The van der Waals surface area contributed by atoms with Crippen LogP contribution < -0.4 is 0 Å². The van der Waals surface area contributed by atoms with Gasteiger partial charge in [-0.15, -0.1) is 5.06 Å². The number of carbonyl (C=O) groups excluding carboxylic acids is 3. The first-order valence-corrected chi connectivity index (χ1v) is 6.07. The summed E-state index contributed by atoms with van der Waals surface area (Å²) in [5.74, 6) is -2.82. The van der Waals surface area contributed by atoms with Gasteiger partial charge in [0.05, 0.1) is 24.0 Å². The Kier molecular flexibility index (Phi) is 2.56. The summed E-state index contributed by atoms with van der Waals surface area (Å²) in [4.78, 5) is 40.6. The van der Waals surface area contributed by atoms with E-state index < -0.39 is 29.6 Å². The van der Waals surface area contributed by atoms with Crippen LogP contribution in [0.5, 0.6) is 0 Å². The first kappa shape index (κ1) is 12.1. The highest BCUT2D eigenvalue weighted by Crippen LogP contribution is 2.45. The van der Waals surface area contributed by atoms with Gasteiger partial charge in [0.2, 0.25) is 0 Å². The number of allylic oxidation sites excluding steroid dienone is 1. The SMILES string of the molecule is CC(C)=CC(=O)ON1C(=O)[C@@H]2[C@H](C1=O)[C@@H]1C=C[C@@H]2O1. The van der Waals surface area contributed by atoms with E-state index in [1.54, 1.807) is 26.0 Å². The number of nitrogens with zero attached hydrogens (tertiary/aromatic N) is 1. The van der Waals surface area contributed by atoms with Gasteiger partial charge in [0.25, 0.3) is 11.8 Å². The summed E-state index contributed by atoms with van der Waals surface area (Å²) in [6.07, 6.45) is 4.03. The maximum absolute atomic E-state index is 12.1. The molecule has 19 heavy (non-hydrogen) atoms. The van der Waals surface area contributed by atoms with Gasteiger partial charge >= 0.3 is 5.97 Å². The molecule has 0 unspecified atom stereocenters. The summed E-state index contributed by atoms with van der Waals surface area (Å²) in [6.45, 7) is 3.45. The minimum atomic E-state index is -0.720. The average Bonchev–Trinajstić information content (AvgIpc) is 2.97. The van der Waals surface area contributed by atoms with Crippen molar-refractivity contribution < 1.29 is 24.0 Å². The maximum Gasteiger partial charge on any atom is 0.356 e. The average molecular weight is 263 g/mol. The van der Waals surface area contributed by atoms with Gasteiger partial charge in [0, 0.05) is 6.08 Å². The first-order valence-electron chi connectivity index (χ1n) is 6.07. The van der Waals surface area contributed by atoms with Gasteiger partial charge in [-0.25, -0.2) is 4.79 Å². The molecule has 0 N–H and O–H groups in total. The standard InChI is InChI=1S/C13H13NO5/c1-6(2)5-9(15)19-14-12(16)10-7-3-4-8(18-7)11(10)13(14)17/h3-5,7-8,10-11H,1-2H3/t7-,8-,10-,11+/m0/s1. The highest BCUT2D eigenvalue weighted by Gasteiger charge is 2.62. The van der Waals surface area contributed by atoms with Gasteiger partial charge < -0.3 is 9.57 Å². The van der Waals surface area contributed by atoms with E-state index in [9.17, 15) is 14.4 Å². The number of carbonyl (C=O) groups is 3. The van der Waals surface area contributed by atoms with Crippen molar-refractivity contribution in [3.05, 3.63) is 23.8 Å². The minimum absolute atomic E-state index is 0.376. The molecule has 2 saturated heterocycles. The molecule has 0 spiro atoms. The molecule has 2 fully saturated rings. The van der Waals surface area contributed by atoms with Crippen LogP contribution >= 0.6 is 0 Å². The summed E-state index contributed by atoms with van der Waals surface area (Å²) >= 11 is 0. The van der Waals surface area contributed by atoms with Crippen molar-refractivity contribution >= 4 is 17.8 Å². The number of ether oxygens (including phenoxy) is 1. The molecule has 3 rings (SSSR count). The molecule has 0 radical (unpaired) electrons. The highest BCUT2D eigenvalue weighted by molar-refractivity contribution is 6.06. The summed E-state index contributed by atoms with van der Waals surface area (Å²) in [5.41, 5.74) is 0.731. The lowest BCUT2D eigenvalue weighted by molar-refractivity contribution is -0.196. The number of hydrogen-bond acceptors (Lipinski definition) is 5. The van der Waals surface area contributed by atoms with E-state index in [0.717, 1.165) is 5.57 Å². The van der Waals surface area contributed by atoms with E-state index in [0.29, 0.717) is 5.06 Å². The zero-order valence-electron chi connectivity index (χ0n) is 10.5. The molecule has 100 valence electrons. The molecule has 6 nitrogen and oxygen atoms in total. The van der Waals surface area contributed by atoms with E-state index in [-0.39, 0.29) is 12.2 Å². The van der Waals surface area contributed by atoms with Crippen molar-refractivity contribution in [1.29, 1.82) is 0 Å². The molecule has 0 aliphatic carbocycles. The summed E-state index contributed by atoms with van der Waals surface area (Å²) < 4.78 is 5.47. The second kappa shape index (κ2) is 4.03. The normalized spacial score (nSPS) is 34.7. The molecule has 3 aliphatic heterocycles. The molecule has 2 amide bonds. The Morgan fingerprint density at radius 3 is 2.21 bits per heavy atom. The quantitative estimate of drug-likeness (QED) is 0.408. The molecule has 0 aromatic heterocycles. The number of hydroxylamine groups is 2. The molecule has 3 aliphatic rings. The zero-order chi connectivity index (χ0) is 13.7. The molecule has 6 heteroatoms. The van der Waals surface area contributed by atoms with Crippen molar-refractivity contribution in [3.63, 3.8) is 0 Å². The molecule has 3 heterocycles. The van der Waals surface area contributed by atoms with Crippen LogP contribution in [0.2, 0.25) is 0 Å². The van der Waals surface area contributed by atoms with Crippen LogP contribution in [0.15, 0.2) is 23.8 Å². The van der Waals surface area contributed by atoms with Crippen molar-refractivity contribution in [1.82, 2.24) is 5.06 Å². The second-order valence-corrected chi connectivity index (χ2v) is 5.10. The largest absolute Gasteiger partial charge is 0.365 e. The van der Waals surface area contributed by atoms with Crippen LogP contribution in [-0.2, 0) is 24.0 Å². The summed E-state index contributed by atoms with van der Waals surface area (Å²) in [7, 11) is 0. The lowest BCUT2D eigenvalue weighted by Crippen LogP contribution is -2.36. The van der Waals surface area contributed by atoms with Crippen LogP contribution in [0.4, 0.5) is 0 Å². The fraction of sp³-hybridized carbons (Fsp3) is 0.462. The van der Waals surface area contributed by atoms with E-state index in [4.69, 9.17) is 9.57 Å². The van der Waals surface area contributed by atoms with Crippen LogP contribution in [0, 0.1) is 11.8 Å². The van der Waals surface area contributed by atoms with E-state index in [2.05, 4.69) is 0 Å². The van der Waals surface area contributed by atoms with E-state index >= 15 is 0 Å². The van der Waals surface area contributed by atoms with Crippen molar-refractivity contribution in [2.45, 2.75) is 26.1 Å². The third-order valence-electron chi connectivity index (χ3n) is 3.46. The van der Waals surface area contributed by atoms with Gasteiger partial charge in [-0.05, 0) is 13.8 Å². The fourth-order valence-electron chi connectivity index (χ4n) is 2.72. The Morgan fingerprint density at radius 1 is 1.21 bits per heavy atom. The van der Waals surface area contributed by atoms with E-state index in [1.165, 1.54) is 6.08 Å². The molecule has 2 bridgehead atoms. The third-order valence-corrected chi connectivity index (χ3v) is 3.46. The first-order chi connectivity index (χ1) is 8.99. The number of imide groups is 1. The molecular formula is C13H13NO5. The molecule has 0 aromatic carbocycles. The van der Waals surface area contributed by atoms with Crippen molar-refractivity contribution in [2.24, 2.45) is 11.8 Å². The van der Waals surface area contributed by atoms with Crippen molar-refractivity contribution in [2.75, 3.05) is 0 Å². The van der Waals surface area contributed by atoms with Gasteiger partial charge in [0.15, 0.2) is 0 Å². The second-order valence-electron chi connectivity index (χ2n) is 5.10. The predicted octanol–water partition coefficient (Wildman–Crippen LogP) is 0.349. The summed E-state index contributed by atoms with van der Waals surface area (Å²) in [6, 6.07) is 0. The Labute approximate surface area is 109 Å². The van der Waals surface area contributed by atoms with Gasteiger partial charge in [0.1, 0.15) is 0 Å². The van der Waals surface area contributed by atoms with Crippen molar-refractivity contribution in [3.8, 4) is 0 Å². The number of amides is 2. The number of hydrogen-bond donors (Lipinski definition) is 0. The monoisotopic (exact) mass is 263 g/mol. The summed E-state index contributed by atoms with van der Waals surface area (Å²) in [5, 5.41) is 0.590. The Bertz CT molecular complexity index is 501. The molecular weight excluding hydrogens is 250 g/mol. The topological polar surface area (TPSA) is 72.9 Å². The lowest BCUT2D eigenvalue weighted by atomic mass is 9.85. The van der Waals surface area contributed by atoms with Gasteiger partial charge in [-0.1, -0.05) is 17.7 Å². The Balaban J connectivity index is 1.79.